The van der Waals surface area contributed by atoms with Crippen LogP contribution >= 0.6 is 0 Å². The Kier molecular flexibility index (Phi) is 6.10. The molecule has 0 saturated carbocycles. The smallest absolute Gasteiger partial charge is 0.341 e. The molecule has 1 aliphatic heterocycles. The summed E-state index contributed by atoms with van der Waals surface area (Å²) < 4.78 is 47.9. The van der Waals surface area contributed by atoms with Crippen LogP contribution in [0.3, 0.4) is 0 Å². The van der Waals surface area contributed by atoms with Crippen LogP contribution in [0.1, 0.15) is 42.5 Å². The Morgan fingerprint density at radius 3 is 2.40 bits per heavy atom. The standard InChI is InChI=1S/C16H19F2NO5S/c17-16(18)25(23,24)13-7-4-11(5-8-13)15(22)19-10-2-1-3-12(19)6-9-14(20)21/h4-5,7-8,12,16H,1-3,6,9-10H2,(H,20,21). The minimum atomic E-state index is -4.70. The number of hydrogen-bond acceptors (Lipinski definition) is 4. The molecule has 1 heterocycles. The predicted molar refractivity (Wildman–Crippen MR) is 85.2 cm³/mol. The topological polar surface area (TPSA) is 91.8 Å². The molecule has 0 aliphatic carbocycles. The molecule has 0 spiro atoms. The zero-order chi connectivity index (χ0) is 18.6. The fraction of sp³-hybridized carbons (Fsp3) is 0.500. The normalized spacial score (nSPS) is 18.4. The van der Waals surface area contributed by atoms with Crippen LogP contribution in [0, 0.1) is 0 Å². The molecule has 1 aromatic carbocycles. The van der Waals surface area contributed by atoms with Crippen molar-refractivity contribution >= 4 is 21.7 Å². The Balaban J connectivity index is 2.16. The summed E-state index contributed by atoms with van der Waals surface area (Å²) in [7, 11) is -4.70. The molecule has 25 heavy (non-hydrogen) atoms. The lowest BCUT2D eigenvalue weighted by atomic mass is 9.97. The highest BCUT2D eigenvalue weighted by molar-refractivity contribution is 7.91. The molecule has 1 unspecified atom stereocenters. The van der Waals surface area contributed by atoms with Crippen molar-refractivity contribution in [1.29, 1.82) is 0 Å². The first-order valence-electron chi connectivity index (χ1n) is 7.88. The van der Waals surface area contributed by atoms with E-state index in [4.69, 9.17) is 5.11 Å². The first-order valence-corrected chi connectivity index (χ1v) is 9.43. The number of halogens is 2. The van der Waals surface area contributed by atoms with Crippen LogP contribution in [0.4, 0.5) is 8.78 Å². The van der Waals surface area contributed by atoms with E-state index >= 15 is 0 Å². The summed E-state index contributed by atoms with van der Waals surface area (Å²) in [6.07, 6.45) is 2.71. The molecule has 6 nitrogen and oxygen atoms in total. The summed E-state index contributed by atoms with van der Waals surface area (Å²) in [4.78, 5) is 24.4. The van der Waals surface area contributed by atoms with Crippen LogP contribution < -0.4 is 0 Å². The van der Waals surface area contributed by atoms with Crippen molar-refractivity contribution in [2.24, 2.45) is 0 Å². The number of hydrogen-bond donors (Lipinski definition) is 1. The summed E-state index contributed by atoms with van der Waals surface area (Å²) in [6.45, 7) is 0.486. The van der Waals surface area contributed by atoms with E-state index in [0.29, 0.717) is 19.4 Å². The van der Waals surface area contributed by atoms with Crippen LogP contribution in [-0.2, 0) is 14.6 Å². The summed E-state index contributed by atoms with van der Waals surface area (Å²) in [6, 6.07) is 4.21. The van der Waals surface area contributed by atoms with Gasteiger partial charge in [-0.2, -0.15) is 8.78 Å². The lowest BCUT2D eigenvalue weighted by molar-refractivity contribution is -0.137. The van der Waals surface area contributed by atoms with Gasteiger partial charge in [0.2, 0.25) is 9.84 Å². The first-order chi connectivity index (χ1) is 11.7. The highest BCUT2D eigenvalue weighted by Gasteiger charge is 2.29. The molecule has 0 bridgehead atoms. The van der Waals surface area contributed by atoms with E-state index in [1.807, 2.05) is 0 Å². The summed E-state index contributed by atoms with van der Waals surface area (Å²) >= 11 is 0. The Bertz CT molecular complexity index is 733. The van der Waals surface area contributed by atoms with Crippen molar-refractivity contribution in [1.82, 2.24) is 4.90 Å². The SMILES string of the molecule is O=C(O)CCC1CCCCN1C(=O)c1ccc(S(=O)(=O)C(F)F)cc1. The maximum atomic E-state index is 12.6. The van der Waals surface area contributed by atoms with Crippen molar-refractivity contribution in [2.75, 3.05) is 6.54 Å². The monoisotopic (exact) mass is 375 g/mol. The number of nitrogens with zero attached hydrogens (tertiary/aromatic N) is 1. The lowest BCUT2D eigenvalue weighted by Crippen LogP contribution is -2.44. The van der Waals surface area contributed by atoms with Crippen LogP contribution in [0.25, 0.3) is 0 Å². The van der Waals surface area contributed by atoms with E-state index in [-0.39, 0.29) is 23.9 Å². The van der Waals surface area contributed by atoms with Crippen LogP contribution in [-0.4, -0.2) is 48.6 Å². The van der Waals surface area contributed by atoms with Gasteiger partial charge < -0.3 is 10.0 Å². The molecule has 1 aliphatic rings. The summed E-state index contributed by atoms with van der Waals surface area (Å²) in [5.74, 6) is -4.80. The number of alkyl halides is 2. The third-order valence-corrected chi connectivity index (χ3v) is 5.64. The number of rotatable bonds is 6. The molecule has 1 saturated heterocycles. The summed E-state index contributed by atoms with van der Waals surface area (Å²) in [5.41, 5.74) is 0.190. The second-order valence-electron chi connectivity index (χ2n) is 5.91. The van der Waals surface area contributed by atoms with Crippen LogP contribution in [0.2, 0.25) is 0 Å². The Labute approximate surface area is 144 Å². The molecule has 1 N–H and O–H groups in total. The Hall–Kier alpha value is -2.03. The number of carbonyl (C=O) groups excluding carboxylic acids is 1. The molecule has 0 aromatic heterocycles. The molecule has 2 rings (SSSR count). The molecule has 1 fully saturated rings. The number of amides is 1. The van der Waals surface area contributed by atoms with Gasteiger partial charge in [0.15, 0.2) is 0 Å². The van der Waals surface area contributed by atoms with Gasteiger partial charge in [0.25, 0.3) is 5.91 Å². The number of likely N-dealkylation sites (tertiary alicyclic amines) is 1. The van der Waals surface area contributed by atoms with Gasteiger partial charge in [-0.3, -0.25) is 9.59 Å². The second-order valence-corrected chi connectivity index (χ2v) is 7.83. The van der Waals surface area contributed by atoms with Crippen LogP contribution in [0.5, 0.6) is 0 Å². The average molecular weight is 375 g/mol. The van der Waals surface area contributed by atoms with Gasteiger partial charge in [0, 0.05) is 24.6 Å². The van der Waals surface area contributed by atoms with Gasteiger partial charge in [0.05, 0.1) is 4.90 Å². The fourth-order valence-corrected chi connectivity index (χ4v) is 3.64. The highest BCUT2D eigenvalue weighted by atomic mass is 32.2. The first kappa shape index (κ1) is 19.3. The Morgan fingerprint density at radius 1 is 1.20 bits per heavy atom. The maximum Gasteiger partial charge on any atom is 0.341 e. The van der Waals surface area contributed by atoms with Crippen molar-refractivity contribution in [3.8, 4) is 0 Å². The minimum absolute atomic E-state index is 0.0417. The minimum Gasteiger partial charge on any atom is -0.481 e. The van der Waals surface area contributed by atoms with Crippen molar-refractivity contribution in [3.63, 3.8) is 0 Å². The number of carboxylic acids is 1. The molecular weight excluding hydrogens is 356 g/mol. The molecule has 138 valence electrons. The quantitative estimate of drug-likeness (QED) is 0.825. The molecule has 0 radical (unpaired) electrons. The van der Waals surface area contributed by atoms with Crippen molar-refractivity contribution in [3.05, 3.63) is 29.8 Å². The second kappa shape index (κ2) is 7.90. The van der Waals surface area contributed by atoms with E-state index in [1.54, 1.807) is 4.90 Å². The van der Waals surface area contributed by atoms with Gasteiger partial charge >= 0.3 is 11.7 Å². The predicted octanol–water partition coefficient (Wildman–Crippen LogP) is 2.54. The van der Waals surface area contributed by atoms with E-state index in [2.05, 4.69) is 0 Å². The van der Waals surface area contributed by atoms with E-state index in [1.165, 1.54) is 12.1 Å². The molecule has 1 amide bonds. The molecule has 1 atom stereocenters. The lowest BCUT2D eigenvalue weighted by Gasteiger charge is -2.35. The van der Waals surface area contributed by atoms with Gasteiger partial charge in [0.1, 0.15) is 0 Å². The largest absolute Gasteiger partial charge is 0.481 e. The maximum absolute atomic E-state index is 12.6. The number of piperidine rings is 1. The van der Waals surface area contributed by atoms with E-state index < -0.39 is 26.5 Å². The Morgan fingerprint density at radius 2 is 1.84 bits per heavy atom. The molecule has 9 heteroatoms. The van der Waals surface area contributed by atoms with E-state index in [9.17, 15) is 26.8 Å². The van der Waals surface area contributed by atoms with Gasteiger partial charge in [-0.15, -0.1) is 0 Å². The zero-order valence-electron chi connectivity index (χ0n) is 13.4. The van der Waals surface area contributed by atoms with Crippen LogP contribution in [0.15, 0.2) is 29.2 Å². The molecular formula is C16H19F2NO5S. The zero-order valence-corrected chi connectivity index (χ0v) is 14.2. The number of sulfone groups is 1. The molecule has 1 aromatic rings. The number of aliphatic carboxylic acids is 1. The van der Waals surface area contributed by atoms with Crippen molar-refractivity contribution in [2.45, 2.75) is 48.8 Å². The fourth-order valence-electron chi connectivity index (χ4n) is 2.91. The number of carbonyl (C=O) groups is 2. The van der Waals surface area contributed by atoms with Gasteiger partial charge in [-0.1, -0.05) is 0 Å². The third kappa shape index (κ3) is 4.53. The van der Waals surface area contributed by atoms with Gasteiger partial charge in [-0.25, -0.2) is 8.42 Å². The van der Waals surface area contributed by atoms with Gasteiger partial charge in [-0.05, 0) is 49.9 Å². The number of benzene rings is 1. The van der Waals surface area contributed by atoms with Crippen molar-refractivity contribution < 1.29 is 31.9 Å². The third-order valence-electron chi connectivity index (χ3n) is 4.24. The highest BCUT2D eigenvalue weighted by Crippen LogP contribution is 2.24. The van der Waals surface area contributed by atoms with E-state index in [0.717, 1.165) is 25.0 Å². The number of carboxylic acid groups (broad SMARTS) is 1. The average Bonchev–Trinajstić information content (AvgIpc) is 2.59. The summed E-state index contributed by atoms with van der Waals surface area (Å²) in [5, 5.41) is 8.82.